The minimum absolute atomic E-state index is 0.0793. The smallest absolute Gasteiger partial charge is 0.258 e. The highest BCUT2D eigenvalue weighted by Gasteiger charge is 2.36. The Morgan fingerprint density at radius 1 is 1.23 bits per heavy atom. The van der Waals surface area contributed by atoms with Crippen molar-refractivity contribution in [3.8, 4) is 11.5 Å². The highest BCUT2D eigenvalue weighted by atomic mass is 35.5. The van der Waals surface area contributed by atoms with Crippen molar-refractivity contribution in [3.05, 3.63) is 52.5 Å². The first-order chi connectivity index (χ1) is 12.5. The lowest BCUT2D eigenvalue weighted by molar-refractivity contribution is -0.119. The third kappa shape index (κ3) is 2.57. The number of hydrogen-bond acceptors (Lipinski definition) is 4. The number of amides is 2. The molecule has 26 heavy (non-hydrogen) atoms. The van der Waals surface area contributed by atoms with Crippen LogP contribution >= 0.6 is 11.6 Å². The Labute approximate surface area is 155 Å². The molecular formula is C19H17ClN2O4. The van der Waals surface area contributed by atoms with E-state index in [0.29, 0.717) is 34.2 Å². The number of carbonyl (C=O) groups excluding carboxylic acids is 2. The fourth-order valence-corrected chi connectivity index (χ4v) is 3.89. The zero-order chi connectivity index (χ0) is 18.4. The molecule has 2 heterocycles. The summed E-state index contributed by atoms with van der Waals surface area (Å²) in [5, 5.41) is 0.330. The lowest BCUT2D eigenvalue weighted by Crippen LogP contribution is -2.45. The van der Waals surface area contributed by atoms with Crippen LogP contribution in [-0.2, 0) is 4.79 Å². The molecule has 0 radical (unpaired) electrons. The monoisotopic (exact) mass is 372 g/mol. The van der Waals surface area contributed by atoms with Crippen molar-refractivity contribution < 1.29 is 19.1 Å². The van der Waals surface area contributed by atoms with Gasteiger partial charge in [0.25, 0.3) is 5.91 Å². The second-order valence-corrected chi connectivity index (χ2v) is 6.87. The number of nitrogens with zero attached hydrogens (tertiary/aromatic N) is 1. The second-order valence-electron chi connectivity index (χ2n) is 6.47. The number of benzene rings is 2. The zero-order valence-corrected chi connectivity index (χ0v) is 14.8. The lowest BCUT2D eigenvalue weighted by Gasteiger charge is -2.38. The van der Waals surface area contributed by atoms with Crippen LogP contribution in [0.1, 0.15) is 35.2 Å². The van der Waals surface area contributed by atoms with Gasteiger partial charge in [0, 0.05) is 17.3 Å². The summed E-state index contributed by atoms with van der Waals surface area (Å²) in [6.07, 6.45) is 0.469. The highest BCUT2D eigenvalue weighted by molar-refractivity contribution is 6.33. The molecule has 2 atom stereocenters. The van der Waals surface area contributed by atoms with E-state index >= 15 is 0 Å². The van der Waals surface area contributed by atoms with Gasteiger partial charge in [-0.2, -0.15) is 0 Å². The molecule has 0 spiro atoms. The van der Waals surface area contributed by atoms with Crippen LogP contribution in [0.2, 0.25) is 5.02 Å². The summed E-state index contributed by atoms with van der Waals surface area (Å²) in [6, 6.07) is 10.3. The van der Waals surface area contributed by atoms with Gasteiger partial charge < -0.3 is 20.1 Å². The quantitative estimate of drug-likeness (QED) is 0.878. The van der Waals surface area contributed by atoms with Gasteiger partial charge >= 0.3 is 0 Å². The number of fused-ring (bicyclic) bond motifs is 2. The van der Waals surface area contributed by atoms with Gasteiger partial charge in [-0.05, 0) is 37.1 Å². The average molecular weight is 373 g/mol. The number of carbonyl (C=O) groups is 2. The van der Waals surface area contributed by atoms with Crippen LogP contribution < -0.4 is 20.1 Å². The summed E-state index contributed by atoms with van der Waals surface area (Å²) in [7, 11) is 0. The van der Waals surface area contributed by atoms with E-state index in [2.05, 4.69) is 0 Å². The fraction of sp³-hybridized carbons (Fsp3) is 0.263. The molecule has 134 valence electrons. The molecule has 0 saturated carbocycles. The van der Waals surface area contributed by atoms with Crippen molar-refractivity contribution in [2.24, 2.45) is 5.73 Å². The van der Waals surface area contributed by atoms with Crippen molar-refractivity contribution in [2.75, 3.05) is 11.7 Å². The van der Waals surface area contributed by atoms with Gasteiger partial charge in [-0.1, -0.05) is 29.8 Å². The number of nitrogens with two attached hydrogens (primary N) is 1. The number of primary amides is 1. The summed E-state index contributed by atoms with van der Waals surface area (Å²) < 4.78 is 10.7. The maximum atomic E-state index is 13.3. The van der Waals surface area contributed by atoms with E-state index in [4.69, 9.17) is 26.8 Å². The Morgan fingerprint density at radius 3 is 2.77 bits per heavy atom. The maximum absolute atomic E-state index is 13.3. The van der Waals surface area contributed by atoms with Gasteiger partial charge in [0.1, 0.15) is 0 Å². The number of hydrogen-bond donors (Lipinski definition) is 1. The molecule has 0 aliphatic carbocycles. The predicted molar refractivity (Wildman–Crippen MR) is 96.8 cm³/mol. The van der Waals surface area contributed by atoms with Gasteiger partial charge in [0.05, 0.1) is 10.9 Å². The summed E-state index contributed by atoms with van der Waals surface area (Å²) in [6.45, 7) is 1.98. The van der Waals surface area contributed by atoms with Gasteiger partial charge in [-0.3, -0.25) is 9.59 Å². The summed E-state index contributed by atoms with van der Waals surface area (Å²) >= 11 is 6.22. The predicted octanol–water partition coefficient (Wildman–Crippen LogP) is 3.08. The van der Waals surface area contributed by atoms with Crippen LogP contribution in [0.4, 0.5) is 5.69 Å². The molecule has 2 aliphatic heterocycles. The Hall–Kier alpha value is -2.73. The molecular weight excluding hydrogens is 356 g/mol. The molecule has 0 bridgehead atoms. The topological polar surface area (TPSA) is 81.9 Å². The first kappa shape index (κ1) is 16.7. The van der Waals surface area contributed by atoms with Crippen LogP contribution in [0.15, 0.2) is 36.4 Å². The standard InChI is InChI=1S/C19H17ClN2O4/c1-10-6-13(18(21)23)12-4-2-3-5-15(12)22(10)19(24)11-7-14(20)17-16(8-11)25-9-26-17/h2-5,7-8,10,13H,6,9H2,1H3,(H2,21,23)/t10-,13+/m0/s1. The molecule has 0 saturated heterocycles. The van der Waals surface area contributed by atoms with Crippen LogP contribution in [0, 0.1) is 0 Å². The molecule has 6 nitrogen and oxygen atoms in total. The van der Waals surface area contributed by atoms with E-state index in [1.165, 1.54) is 0 Å². The Kier molecular flexibility index (Phi) is 4.00. The largest absolute Gasteiger partial charge is 0.454 e. The summed E-state index contributed by atoms with van der Waals surface area (Å²) in [5.41, 5.74) is 7.42. The summed E-state index contributed by atoms with van der Waals surface area (Å²) in [4.78, 5) is 26.8. The Bertz CT molecular complexity index is 914. The highest BCUT2D eigenvalue weighted by Crippen LogP contribution is 2.42. The molecule has 2 aromatic carbocycles. The molecule has 7 heteroatoms. The number of para-hydroxylation sites is 1. The molecule has 2 aromatic rings. The van der Waals surface area contributed by atoms with E-state index in [1.807, 2.05) is 31.2 Å². The Morgan fingerprint density at radius 2 is 2.00 bits per heavy atom. The first-order valence-corrected chi connectivity index (χ1v) is 8.66. The van der Waals surface area contributed by atoms with Crippen LogP contribution in [-0.4, -0.2) is 24.6 Å². The first-order valence-electron chi connectivity index (χ1n) is 8.28. The molecule has 0 aromatic heterocycles. The van der Waals surface area contributed by atoms with Crippen LogP contribution in [0.5, 0.6) is 11.5 Å². The molecule has 2 aliphatic rings. The van der Waals surface area contributed by atoms with Gasteiger partial charge in [0.15, 0.2) is 11.5 Å². The molecule has 0 unspecified atom stereocenters. The minimum Gasteiger partial charge on any atom is -0.454 e. The van der Waals surface area contributed by atoms with E-state index in [9.17, 15) is 9.59 Å². The number of halogens is 1. The van der Waals surface area contributed by atoms with Crippen molar-refractivity contribution >= 4 is 29.1 Å². The van der Waals surface area contributed by atoms with Gasteiger partial charge in [-0.15, -0.1) is 0 Å². The number of ether oxygens (including phenoxy) is 2. The van der Waals surface area contributed by atoms with Crippen molar-refractivity contribution in [1.82, 2.24) is 0 Å². The Balaban J connectivity index is 1.77. The van der Waals surface area contributed by atoms with Crippen molar-refractivity contribution in [1.29, 1.82) is 0 Å². The van der Waals surface area contributed by atoms with E-state index in [-0.39, 0.29) is 24.6 Å². The SMILES string of the molecule is C[C@H]1C[C@@H](C(N)=O)c2ccccc2N1C(=O)c1cc(Cl)c2c(c1)OCO2. The fourth-order valence-electron chi connectivity index (χ4n) is 3.62. The van der Waals surface area contributed by atoms with E-state index in [0.717, 1.165) is 5.56 Å². The molecule has 2 amide bonds. The number of rotatable bonds is 2. The second kappa shape index (κ2) is 6.21. The molecule has 0 fully saturated rings. The van der Waals surface area contributed by atoms with Crippen LogP contribution in [0.3, 0.4) is 0 Å². The van der Waals surface area contributed by atoms with Crippen molar-refractivity contribution in [2.45, 2.75) is 25.3 Å². The minimum atomic E-state index is -0.411. The van der Waals surface area contributed by atoms with Gasteiger partial charge in [0.2, 0.25) is 12.7 Å². The third-order valence-corrected chi connectivity index (χ3v) is 5.11. The molecule has 2 N–H and O–H groups in total. The van der Waals surface area contributed by atoms with E-state index in [1.54, 1.807) is 17.0 Å². The van der Waals surface area contributed by atoms with Gasteiger partial charge in [-0.25, -0.2) is 0 Å². The maximum Gasteiger partial charge on any atom is 0.258 e. The average Bonchev–Trinajstić information content (AvgIpc) is 3.09. The van der Waals surface area contributed by atoms with Crippen LogP contribution in [0.25, 0.3) is 0 Å². The molecule has 4 rings (SSSR count). The zero-order valence-electron chi connectivity index (χ0n) is 14.1. The number of anilines is 1. The third-order valence-electron chi connectivity index (χ3n) is 4.83. The lowest BCUT2D eigenvalue weighted by atomic mass is 9.85. The van der Waals surface area contributed by atoms with E-state index < -0.39 is 5.92 Å². The summed E-state index contributed by atoms with van der Waals surface area (Å²) in [5.74, 6) is -0.112. The normalized spacial score (nSPS) is 20.6. The van der Waals surface area contributed by atoms with Crippen molar-refractivity contribution in [3.63, 3.8) is 0 Å².